The smallest absolute Gasteiger partial charge is 0.173 e. The Morgan fingerprint density at radius 3 is 2.35 bits per heavy atom. The summed E-state index contributed by atoms with van der Waals surface area (Å²) in [6, 6.07) is 19.3. The van der Waals surface area contributed by atoms with E-state index >= 15 is 0 Å². The van der Waals surface area contributed by atoms with Crippen LogP contribution in [0.5, 0.6) is 5.75 Å². The predicted molar refractivity (Wildman–Crippen MR) is 120 cm³/mol. The second kappa shape index (κ2) is 9.06. The third-order valence-corrected chi connectivity index (χ3v) is 6.67. The first kappa shape index (κ1) is 20.0. The number of tetrazole rings is 1. The van der Waals surface area contributed by atoms with E-state index in [1.54, 1.807) is 7.11 Å². The number of hydrogen-bond acceptors (Lipinski definition) is 6. The van der Waals surface area contributed by atoms with E-state index in [2.05, 4.69) is 72.5 Å². The van der Waals surface area contributed by atoms with Crippen molar-refractivity contribution >= 4 is 5.69 Å². The lowest BCUT2D eigenvalue weighted by atomic mass is 10.0. The van der Waals surface area contributed by atoms with Crippen molar-refractivity contribution in [2.24, 2.45) is 0 Å². The second-order valence-electron chi connectivity index (χ2n) is 8.42. The van der Waals surface area contributed by atoms with Gasteiger partial charge in [0.05, 0.1) is 13.2 Å². The fourth-order valence-electron chi connectivity index (χ4n) is 5.06. The molecule has 1 saturated carbocycles. The monoisotopic (exact) mass is 418 g/mol. The van der Waals surface area contributed by atoms with E-state index in [9.17, 15) is 0 Å². The molecule has 31 heavy (non-hydrogen) atoms. The van der Waals surface area contributed by atoms with E-state index in [0.29, 0.717) is 6.04 Å². The van der Waals surface area contributed by atoms with Gasteiger partial charge in [0.25, 0.3) is 0 Å². The number of benzene rings is 2. The van der Waals surface area contributed by atoms with Crippen LogP contribution in [0.4, 0.5) is 5.69 Å². The van der Waals surface area contributed by atoms with Crippen molar-refractivity contribution in [3.63, 3.8) is 0 Å². The van der Waals surface area contributed by atoms with Gasteiger partial charge >= 0.3 is 0 Å². The zero-order valence-electron chi connectivity index (χ0n) is 18.1. The van der Waals surface area contributed by atoms with Gasteiger partial charge < -0.3 is 9.64 Å². The number of hydrogen-bond donors (Lipinski definition) is 0. The van der Waals surface area contributed by atoms with E-state index in [-0.39, 0.29) is 6.04 Å². The van der Waals surface area contributed by atoms with Crippen LogP contribution in [0.3, 0.4) is 0 Å². The molecular weight excluding hydrogens is 388 g/mol. The summed E-state index contributed by atoms with van der Waals surface area (Å²) in [6.45, 7) is 3.82. The SMILES string of the molecule is COc1ccccc1[C@H](c1nnnn1C1CCCC1)N1CCN(c2ccccc2)CC1. The molecule has 0 amide bonds. The minimum Gasteiger partial charge on any atom is -0.496 e. The van der Waals surface area contributed by atoms with Crippen molar-refractivity contribution in [2.45, 2.75) is 37.8 Å². The molecule has 7 nitrogen and oxygen atoms in total. The van der Waals surface area contributed by atoms with Crippen LogP contribution in [0.25, 0.3) is 0 Å². The fraction of sp³-hybridized carbons (Fsp3) is 0.458. The summed E-state index contributed by atoms with van der Waals surface area (Å²) in [5.41, 5.74) is 2.42. The number of ether oxygens (including phenoxy) is 1. The number of anilines is 1. The number of rotatable bonds is 6. The van der Waals surface area contributed by atoms with Gasteiger partial charge in [-0.15, -0.1) is 5.10 Å². The minimum absolute atomic E-state index is 0.0235. The van der Waals surface area contributed by atoms with Crippen LogP contribution >= 0.6 is 0 Å². The van der Waals surface area contributed by atoms with Gasteiger partial charge in [0.1, 0.15) is 11.8 Å². The summed E-state index contributed by atoms with van der Waals surface area (Å²) in [5.74, 6) is 1.82. The highest BCUT2D eigenvalue weighted by molar-refractivity contribution is 5.46. The lowest BCUT2D eigenvalue weighted by Gasteiger charge is -2.40. The lowest BCUT2D eigenvalue weighted by molar-refractivity contribution is 0.194. The Hall–Kier alpha value is -2.93. The van der Waals surface area contributed by atoms with E-state index in [1.165, 1.54) is 18.5 Å². The lowest BCUT2D eigenvalue weighted by Crippen LogP contribution is -2.48. The average molecular weight is 419 g/mol. The molecule has 1 saturated heterocycles. The van der Waals surface area contributed by atoms with Crippen molar-refractivity contribution in [3.05, 3.63) is 66.0 Å². The molecule has 2 heterocycles. The number of piperazine rings is 1. The minimum atomic E-state index is -0.0235. The Morgan fingerprint density at radius 1 is 0.903 bits per heavy atom. The maximum atomic E-state index is 5.76. The molecule has 2 fully saturated rings. The molecule has 0 radical (unpaired) electrons. The third kappa shape index (κ3) is 4.02. The van der Waals surface area contributed by atoms with Crippen molar-refractivity contribution < 1.29 is 4.74 Å². The number of aromatic nitrogens is 4. The summed E-state index contributed by atoms with van der Waals surface area (Å²) in [7, 11) is 1.74. The Labute approximate surface area is 183 Å². The number of nitrogens with zero attached hydrogens (tertiary/aromatic N) is 6. The topological polar surface area (TPSA) is 59.3 Å². The van der Waals surface area contributed by atoms with Gasteiger partial charge in [0.2, 0.25) is 0 Å². The molecule has 0 spiro atoms. The highest BCUT2D eigenvalue weighted by Gasteiger charge is 2.34. The molecule has 1 aromatic heterocycles. The summed E-state index contributed by atoms with van der Waals surface area (Å²) in [5, 5.41) is 13.1. The van der Waals surface area contributed by atoms with E-state index in [4.69, 9.17) is 4.74 Å². The van der Waals surface area contributed by atoms with E-state index < -0.39 is 0 Å². The van der Waals surface area contributed by atoms with Crippen LogP contribution in [0.15, 0.2) is 54.6 Å². The summed E-state index contributed by atoms with van der Waals surface area (Å²) in [6.07, 6.45) is 4.80. The molecule has 1 aliphatic heterocycles. The molecule has 0 bridgehead atoms. The van der Waals surface area contributed by atoms with Crippen molar-refractivity contribution in [1.82, 2.24) is 25.1 Å². The molecule has 1 atom stereocenters. The number of methoxy groups -OCH3 is 1. The molecular formula is C24H30N6O. The van der Waals surface area contributed by atoms with Gasteiger partial charge in [-0.1, -0.05) is 49.2 Å². The number of para-hydroxylation sites is 2. The Morgan fingerprint density at radius 2 is 1.61 bits per heavy atom. The first-order chi connectivity index (χ1) is 15.3. The molecule has 7 heteroatoms. The van der Waals surface area contributed by atoms with Crippen LogP contribution < -0.4 is 9.64 Å². The molecule has 2 aromatic carbocycles. The Balaban J connectivity index is 1.47. The maximum absolute atomic E-state index is 5.76. The second-order valence-corrected chi connectivity index (χ2v) is 8.42. The highest BCUT2D eigenvalue weighted by Crippen LogP contribution is 2.37. The molecule has 2 aliphatic rings. The molecule has 5 rings (SSSR count). The van der Waals surface area contributed by atoms with Crippen LogP contribution in [0, 0.1) is 0 Å². The quantitative estimate of drug-likeness (QED) is 0.608. The van der Waals surface area contributed by atoms with Crippen molar-refractivity contribution in [3.8, 4) is 5.75 Å². The zero-order chi connectivity index (χ0) is 21.0. The molecule has 1 aliphatic carbocycles. The predicted octanol–water partition coefficient (Wildman–Crippen LogP) is 3.71. The average Bonchev–Trinajstić information content (AvgIpc) is 3.53. The van der Waals surface area contributed by atoms with Gasteiger partial charge in [0.15, 0.2) is 5.82 Å². The van der Waals surface area contributed by atoms with E-state index in [0.717, 1.165) is 56.2 Å². The molecule has 0 N–H and O–H groups in total. The third-order valence-electron chi connectivity index (χ3n) is 6.67. The normalized spacial score (nSPS) is 18.9. The highest BCUT2D eigenvalue weighted by atomic mass is 16.5. The molecule has 162 valence electrons. The largest absolute Gasteiger partial charge is 0.496 e. The maximum Gasteiger partial charge on any atom is 0.173 e. The van der Waals surface area contributed by atoms with Gasteiger partial charge in [-0.25, -0.2) is 4.68 Å². The van der Waals surface area contributed by atoms with Crippen LogP contribution in [0.1, 0.15) is 49.2 Å². The first-order valence-corrected chi connectivity index (χ1v) is 11.3. The van der Waals surface area contributed by atoms with Gasteiger partial charge in [-0.2, -0.15) is 0 Å². The molecule has 0 unspecified atom stereocenters. The van der Waals surface area contributed by atoms with Gasteiger partial charge in [-0.3, -0.25) is 4.90 Å². The molecule has 3 aromatic rings. The van der Waals surface area contributed by atoms with E-state index in [1.807, 2.05) is 12.1 Å². The van der Waals surface area contributed by atoms with Gasteiger partial charge in [-0.05, 0) is 41.5 Å². The first-order valence-electron chi connectivity index (χ1n) is 11.3. The Bertz CT molecular complexity index is 976. The van der Waals surface area contributed by atoms with Crippen molar-refractivity contribution in [1.29, 1.82) is 0 Å². The summed E-state index contributed by atoms with van der Waals surface area (Å²) in [4.78, 5) is 4.96. The van der Waals surface area contributed by atoms with Crippen LogP contribution in [-0.2, 0) is 0 Å². The van der Waals surface area contributed by atoms with Crippen LogP contribution in [0.2, 0.25) is 0 Å². The summed E-state index contributed by atoms with van der Waals surface area (Å²) < 4.78 is 7.85. The standard InChI is InChI=1S/C24H30N6O/c1-31-22-14-8-7-13-21(22)23(24-25-26-27-30(24)20-11-5-6-12-20)29-17-15-28(16-18-29)19-9-3-2-4-10-19/h2-4,7-10,13-14,20,23H,5-6,11-12,15-18H2,1H3/t23-/m1/s1. The van der Waals surface area contributed by atoms with Crippen LogP contribution in [-0.4, -0.2) is 58.4 Å². The fourth-order valence-corrected chi connectivity index (χ4v) is 5.06. The summed E-state index contributed by atoms with van der Waals surface area (Å²) >= 11 is 0. The zero-order valence-corrected chi connectivity index (χ0v) is 18.1. The van der Waals surface area contributed by atoms with Crippen molar-refractivity contribution in [2.75, 3.05) is 38.2 Å². The van der Waals surface area contributed by atoms with Gasteiger partial charge in [0, 0.05) is 37.4 Å². The Kier molecular flexibility index (Phi) is 5.84.